The maximum Gasteiger partial charge on any atom is 0.0591 e. The number of ether oxygens (including phenoxy) is 1. The molecule has 1 aromatic rings. The van der Waals surface area contributed by atoms with Crippen molar-refractivity contribution in [3.63, 3.8) is 0 Å². The van der Waals surface area contributed by atoms with E-state index in [1.165, 1.54) is 18.4 Å². The van der Waals surface area contributed by atoms with E-state index in [4.69, 9.17) is 4.74 Å². The van der Waals surface area contributed by atoms with Crippen molar-refractivity contribution in [3.8, 4) is 0 Å². The van der Waals surface area contributed by atoms with Crippen molar-refractivity contribution in [2.24, 2.45) is 11.8 Å². The molecule has 100 valence electrons. The van der Waals surface area contributed by atoms with Gasteiger partial charge in [0.1, 0.15) is 0 Å². The van der Waals surface area contributed by atoms with E-state index in [2.05, 4.69) is 49.5 Å². The van der Waals surface area contributed by atoms with E-state index >= 15 is 0 Å². The summed E-state index contributed by atoms with van der Waals surface area (Å²) in [6.07, 6.45) is 2.72. The summed E-state index contributed by atoms with van der Waals surface area (Å²) in [4.78, 5) is 0. The molecule has 1 N–H and O–H groups in total. The average molecular weight is 247 g/mol. The zero-order valence-corrected chi connectivity index (χ0v) is 11.6. The molecule has 0 bridgehead atoms. The first kappa shape index (κ1) is 13.6. The highest BCUT2D eigenvalue weighted by molar-refractivity contribution is 5.21. The summed E-state index contributed by atoms with van der Waals surface area (Å²) in [7, 11) is 0. The third-order valence-corrected chi connectivity index (χ3v) is 3.31. The van der Waals surface area contributed by atoms with Crippen LogP contribution < -0.4 is 5.32 Å². The molecule has 1 unspecified atom stereocenters. The normalized spacial score (nSPS) is 17.1. The average Bonchev–Trinajstić information content (AvgIpc) is 3.19. The first-order chi connectivity index (χ1) is 8.77. The highest BCUT2D eigenvalue weighted by atomic mass is 16.5. The second-order valence-corrected chi connectivity index (χ2v) is 5.65. The molecule has 2 heteroatoms. The van der Waals surface area contributed by atoms with Crippen LogP contribution in [0.25, 0.3) is 0 Å². The molecule has 1 fully saturated rings. The summed E-state index contributed by atoms with van der Waals surface area (Å²) in [5.74, 6) is 1.45. The molecule has 18 heavy (non-hydrogen) atoms. The molecule has 1 aliphatic rings. The fraction of sp³-hybridized carbons (Fsp3) is 0.625. The Morgan fingerprint density at radius 1 is 1.22 bits per heavy atom. The lowest BCUT2D eigenvalue weighted by molar-refractivity contribution is 0.109. The lowest BCUT2D eigenvalue weighted by Crippen LogP contribution is -2.27. The zero-order chi connectivity index (χ0) is 12.8. The maximum atomic E-state index is 5.62. The van der Waals surface area contributed by atoms with Gasteiger partial charge in [0.25, 0.3) is 0 Å². The summed E-state index contributed by atoms with van der Waals surface area (Å²) in [5, 5.41) is 3.65. The Morgan fingerprint density at radius 2 is 1.94 bits per heavy atom. The van der Waals surface area contributed by atoms with Crippen LogP contribution in [-0.4, -0.2) is 19.8 Å². The summed E-state index contributed by atoms with van der Waals surface area (Å²) in [6.45, 7) is 6.99. The molecule has 0 radical (unpaired) electrons. The van der Waals surface area contributed by atoms with Crippen LogP contribution in [0.15, 0.2) is 30.3 Å². The quantitative estimate of drug-likeness (QED) is 0.711. The minimum atomic E-state index is 0.522. The Kier molecular flexibility index (Phi) is 5.21. The number of benzene rings is 1. The summed E-state index contributed by atoms with van der Waals surface area (Å²) >= 11 is 0. The van der Waals surface area contributed by atoms with E-state index in [0.717, 1.165) is 25.7 Å². The Hall–Kier alpha value is -0.860. The number of nitrogens with one attached hydrogen (secondary N) is 1. The molecule has 0 aromatic heterocycles. The van der Waals surface area contributed by atoms with Crippen molar-refractivity contribution in [1.82, 2.24) is 5.32 Å². The van der Waals surface area contributed by atoms with E-state index < -0.39 is 0 Å². The third kappa shape index (κ3) is 4.43. The SMILES string of the molecule is CC(C)COCCNC(c1ccccc1)C1CC1. The molecule has 1 aromatic carbocycles. The first-order valence-electron chi connectivity index (χ1n) is 7.13. The minimum Gasteiger partial charge on any atom is -0.380 e. The Morgan fingerprint density at radius 3 is 2.56 bits per heavy atom. The van der Waals surface area contributed by atoms with Crippen LogP contribution in [0.4, 0.5) is 0 Å². The molecule has 1 aliphatic carbocycles. The number of hydrogen-bond donors (Lipinski definition) is 1. The molecular formula is C16H25NO. The predicted octanol–water partition coefficient (Wildman–Crippen LogP) is 3.40. The molecule has 1 atom stereocenters. The number of hydrogen-bond acceptors (Lipinski definition) is 2. The van der Waals surface area contributed by atoms with E-state index in [9.17, 15) is 0 Å². The fourth-order valence-electron chi connectivity index (χ4n) is 2.25. The van der Waals surface area contributed by atoms with E-state index in [-0.39, 0.29) is 0 Å². The fourth-order valence-corrected chi connectivity index (χ4v) is 2.25. The molecule has 2 nitrogen and oxygen atoms in total. The molecule has 2 rings (SSSR count). The van der Waals surface area contributed by atoms with Crippen molar-refractivity contribution in [1.29, 1.82) is 0 Å². The minimum absolute atomic E-state index is 0.522. The van der Waals surface area contributed by atoms with Crippen LogP contribution in [0.1, 0.15) is 38.3 Å². The van der Waals surface area contributed by atoms with Gasteiger partial charge >= 0.3 is 0 Å². The molecule has 0 amide bonds. The highest BCUT2D eigenvalue weighted by Crippen LogP contribution is 2.40. The van der Waals surface area contributed by atoms with Gasteiger partial charge in [-0.25, -0.2) is 0 Å². The van der Waals surface area contributed by atoms with Gasteiger partial charge in [0.15, 0.2) is 0 Å². The van der Waals surface area contributed by atoms with Crippen LogP contribution >= 0.6 is 0 Å². The van der Waals surface area contributed by atoms with E-state index in [1.54, 1.807) is 0 Å². The summed E-state index contributed by atoms with van der Waals surface area (Å²) in [5.41, 5.74) is 1.42. The van der Waals surface area contributed by atoms with Crippen molar-refractivity contribution in [2.45, 2.75) is 32.7 Å². The van der Waals surface area contributed by atoms with Gasteiger partial charge in [0, 0.05) is 19.2 Å². The third-order valence-electron chi connectivity index (χ3n) is 3.31. The van der Waals surface area contributed by atoms with Crippen LogP contribution in [0, 0.1) is 11.8 Å². The Labute approximate surface area is 111 Å². The molecule has 1 saturated carbocycles. The zero-order valence-electron chi connectivity index (χ0n) is 11.6. The monoisotopic (exact) mass is 247 g/mol. The molecule has 0 saturated heterocycles. The standard InChI is InChI=1S/C16H25NO/c1-13(2)12-18-11-10-17-16(15-8-9-15)14-6-4-3-5-7-14/h3-7,13,15-17H,8-12H2,1-2H3. The van der Waals surface area contributed by atoms with Gasteiger partial charge in [-0.2, -0.15) is 0 Å². The van der Waals surface area contributed by atoms with Crippen molar-refractivity contribution >= 4 is 0 Å². The van der Waals surface area contributed by atoms with Gasteiger partial charge in [0.2, 0.25) is 0 Å². The van der Waals surface area contributed by atoms with Gasteiger partial charge < -0.3 is 10.1 Å². The smallest absolute Gasteiger partial charge is 0.0591 e. The molecule has 0 aliphatic heterocycles. The summed E-state index contributed by atoms with van der Waals surface area (Å²) in [6, 6.07) is 11.3. The van der Waals surface area contributed by atoms with Gasteiger partial charge in [-0.15, -0.1) is 0 Å². The Bertz CT molecular complexity index is 332. The molecule has 0 spiro atoms. The van der Waals surface area contributed by atoms with Gasteiger partial charge in [0.05, 0.1) is 6.61 Å². The van der Waals surface area contributed by atoms with Crippen molar-refractivity contribution in [2.75, 3.05) is 19.8 Å². The Balaban J connectivity index is 1.74. The first-order valence-corrected chi connectivity index (χ1v) is 7.13. The topological polar surface area (TPSA) is 21.3 Å². The lowest BCUT2D eigenvalue weighted by atomic mass is 10.0. The molecule has 0 heterocycles. The highest BCUT2D eigenvalue weighted by Gasteiger charge is 2.31. The van der Waals surface area contributed by atoms with Gasteiger partial charge in [-0.05, 0) is 30.2 Å². The second-order valence-electron chi connectivity index (χ2n) is 5.65. The van der Waals surface area contributed by atoms with Crippen LogP contribution in [0.2, 0.25) is 0 Å². The van der Waals surface area contributed by atoms with E-state index in [1.807, 2.05) is 0 Å². The lowest BCUT2D eigenvalue weighted by Gasteiger charge is -2.19. The van der Waals surface area contributed by atoms with E-state index in [0.29, 0.717) is 12.0 Å². The van der Waals surface area contributed by atoms with Gasteiger partial charge in [-0.1, -0.05) is 44.2 Å². The summed E-state index contributed by atoms with van der Waals surface area (Å²) < 4.78 is 5.62. The number of rotatable bonds is 8. The van der Waals surface area contributed by atoms with Crippen LogP contribution in [0.3, 0.4) is 0 Å². The largest absolute Gasteiger partial charge is 0.380 e. The molecular weight excluding hydrogens is 222 g/mol. The predicted molar refractivity (Wildman–Crippen MR) is 75.6 cm³/mol. The second kappa shape index (κ2) is 6.91. The van der Waals surface area contributed by atoms with Crippen LogP contribution in [-0.2, 0) is 4.74 Å². The van der Waals surface area contributed by atoms with Crippen molar-refractivity contribution < 1.29 is 4.74 Å². The van der Waals surface area contributed by atoms with Crippen LogP contribution in [0.5, 0.6) is 0 Å². The van der Waals surface area contributed by atoms with Crippen molar-refractivity contribution in [3.05, 3.63) is 35.9 Å². The maximum absolute atomic E-state index is 5.62. The van der Waals surface area contributed by atoms with Gasteiger partial charge in [-0.3, -0.25) is 0 Å².